The van der Waals surface area contributed by atoms with Crippen molar-refractivity contribution < 1.29 is 31.5 Å². The zero-order chi connectivity index (χ0) is 23.0. The molecule has 0 radical (unpaired) electrons. The second kappa shape index (κ2) is 8.47. The van der Waals surface area contributed by atoms with Gasteiger partial charge in [-0.05, 0) is 66.4 Å². The fraction of sp³-hybridized carbons (Fsp3) is 0.227. The summed E-state index contributed by atoms with van der Waals surface area (Å²) in [6, 6.07) is 10.4. The highest BCUT2D eigenvalue weighted by Gasteiger charge is 2.32. The molecule has 4 nitrogen and oxygen atoms in total. The highest BCUT2D eigenvalue weighted by molar-refractivity contribution is 7.90. The number of carboxylic acids is 1. The standard InChI is InChI=1S/C22H19F3O4S2/c1-3-14-5-6-15(21(26)27)11-20(14)31(28,29)12-16-10-17(22(23,24)25)7-8-18(16)19-9-4-13(2)30-19/h4-11H,3,12H2,1-2H3,(H,26,27). The van der Waals surface area contributed by atoms with Gasteiger partial charge in [-0.3, -0.25) is 0 Å². The molecule has 0 unspecified atom stereocenters. The monoisotopic (exact) mass is 468 g/mol. The quantitative estimate of drug-likeness (QED) is 0.483. The number of thiophene rings is 1. The minimum atomic E-state index is -4.62. The van der Waals surface area contributed by atoms with Gasteiger partial charge in [-0.15, -0.1) is 11.3 Å². The number of rotatable bonds is 6. The largest absolute Gasteiger partial charge is 0.478 e. The molecule has 1 aromatic heterocycles. The first-order valence-electron chi connectivity index (χ1n) is 9.28. The Bertz CT molecular complexity index is 1240. The molecule has 9 heteroatoms. The van der Waals surface area contributed by atoms with Crippen LogP contribution in [0.2, 0.25) is 0 Å². The Hall–Kier alpha value is -2.65. The maximum atomic E-state index is 13.3. The van der Waals surface area contributed by atoms with E-state index in [1.54, 1.807) is 13.0 Å². The van der Waals surface area contributed by atoms with Crippen molar-refractivity contribution in [1.29, 1.82) is 0 Å². The molecule has 0 atom stereocenters. The van der Waals surface area contributed by atoms with Crippen molar-refractivity contribution >= 4 is 27.1 Å². The van der Waals surface area contributed by atoms with Gasteiger partial charge in [-0.25, -0.2) is 13.2 Å². The van der Waals surface area contributed by atoms with E-state index in [4.69, 9.17) is 0 Å². The SMILES string of the molecule is CCc1ccc(C(=O)O)cc1S(=O)(=O)Cc1cc(C(F)(F)F)ccc1-c1ccc(C)s1. The summed E-state index contributed by atoms with van der Waals surface area (Å²) in [7, 11) is -4.12. The van der Waals surface area contributed by atoms with Gasteiger partial charge in [0.25, 0.3) is 0 Å². The molecular formula is C22H19F3O4S2. The van der Waals surface area contributed by atoms with Crippen LogP contribution in [0.3, 0.4) is 0 Å². The van der Waals surface area contributed by atoms with Gasteiger partial charge in [0, 0.05) is 9.75 Å². The van der Waals surface area contributed by atoms with Crippen LogP contribution in [0.1, 0.15) is 38.8 Å². The molecule has 1 heterocycles. The molecule has 0 aliphatic carbocycles. The van der Waals surface area contributed by atoms with E-state index in [1.165, 1.54) is 29.5 Å². The van der Waals surface area contributed by atoms with E-state index in [9.17, 15) is 31.5 Å². The van der Waals surface area contributed by atoms with Crippen LogP contribution >= 0.6 is 11.3 Å². The smallest absolute Gasteiger partial charge is 0.416 e. The summed E-state index contributed by atoms with van der Waals surface area (Å²) < 4.78 is 66.4. The molecule has 0 amide bonds. The first-order chi connectivity index (χ1) is 14.4. The number of carbonyl (C=O) groups is 1. The second-order valence-electron chi connectivity index (χ2n) is 7.02. The molecule has 3 rings (SSSR count). The van der Waals surface area contributed by atoms with Crippen molar-refractivity contribution in [1.82, 2.24) is 0 Å². The van der Waals surface area contributed by atoms with Crippen molar-refractivity contribution in [2.24, 2.45) is 0 Å². The Kier molecular flexibility index (Phi) is 6.29. The average molecular weight is 469 g/mol. The van der Waals surface area contributed by atoms with Crippen molar-refractivity contribution in [2.75, 3.05) is 0 Å². The Labute approximate surface area is 181 Å². The summed E-state index contributed by atoms with van der Waals surface area (Å²) in [6.45, 7) is 3.57. The van der Waals surface area contributed by atoms with Gasteiger partial charge in [0.1, 0.15) is 0 Å². The number of alkyl halides is 3. The summed E-state index contributed by atoms with van der Waals surface area (Å²) in [4.78, 5) is 12.7. The normalized spacial score (nSPS) is 12.2. The molecular weight excluding hydrogens is 449 g/mol. The topological polar surface area (TPSA) is 71.4 Å². The summed E-state index contributed by atoms with van der Waals surface area (Å²) in [6.07, 6.45) is -4.30. The van der Waals surface area contributed by atoms with Gasteiger partial charge in [-0.1, -0.05) is 19.1 Å². The first-order valence-corrected chi connectivity index (χ1v) is 11.7. The van der Waals surface area contributed by atoms with Crippen LogP contribution in [-0.4, -0.2) is 19.5 Å². The highest BCUT2D eigenvalue weighted by Crippen LogP contribution is 2.37. The molecule has 2 aromatic carbocycles. The maximum Gasteiger partial charge on any atom is 0.416 e. The summed E-state index contributed by atoms with van der Waals surface area (Å²) >= 11 is 1.35. The summed E-state index contributed by atoms with van der Waals surface area (Å²) in [5.41, 5.74) is -0.314. The van der Waals surface area contributed by atoms with E-state index in [-0.39, 0.29) is 16.0 Å². The van der Waals surface area contributed by atoms with Crippen LogP contribution in [0.5, 0.6) is 0 Å². The van der Waals surface area contributed by atoms with Crippen molar-refractivity contribution in [3.8, 4) is 10.4 Å². The molecule has 0 aliphatic rings. The molecule has 31 heavy (non-hydrogen) atoms. The number of aromatic carboxylic acids is 1. The summed E-state index contributed by atoms with van der Waals surface area (Å²) in [5.74, 6) is -1.97. The molecule has 0 saturated heterocycles. The number of carboxylic acid groups (broad SMARTS) is 1. The highest BCUT2D eigenvalue weighted by atomic mass is 32.2. The Morgan fingerprint density at radius 1 is 1.03 bits per heavy atom. The van der Waals surface area contributed by atoms with Crippen LogP contribution < -0.4 is 0 Å². The lowest BCUT2D eigenvalue weighted by Crippen LogP contribution is -2.12. The third-order valence-electron chi connectivity index (χ3n) is 4.81. The molecule has 164 valence electrons. The zero-order valence-electron chi connectivity index (χ0n) is 16.7. The Morgan fingerprint density at radius 3 is 2.29 bits per heavy atom. The van der Waals surface area contributed by atoms with E-state index in [0.29, 0.717) is 22.4 Å². The van der Waals surface area contributed by atoms with Crippen LogP contribution in [0.15, 0.2) is 53.4 Å². The minimum absolute atomic E-state index is 0.0134. The minimum Gasteiger partial charge on any atom is -0.478 e. The zero-order valence-corrected chi connectivity index (χ0v) is 18.3. The van der Waals surface area contributed by atoms with Crippen LogP contribution in [0, 0.1) is 6.92 Å². The predicted octanol–water partition coefficient (Wildman–Crippen LogP) is 5.98. The third kappa shape index (κ3) is 4.99. The first kappa shape index (κ1) is 23.0. The lowest BCUT2D eigenvalue weighted by atomic mass is 10.0. The van der Waals surface area contributed by atoms with Gasteiger partial charge in [0.2, 0.25) is 0 Å². The molecule has 0 bridgehead atoms. The Morgan fingerprint density at radius 2 is 1.74 bits per heavy atom. The van der Waals surface area contributed by atoms with Crippen LogP contribution in [0.4, 0.5) is 13.2 Å². The van der Waals surface area contributed by atoms with E-state index in [1.807, 2.05) is 13.0 Å². The van der Waals surface area contributed by atoms with E-state index in [0.717, 1.165) is 23.1 Å². The molecule has 0 fully saturated rings. The van der Waals surface area contributed by atoms with Gasteiger partial charge in [-0.2, -0.15) is 13.2 Å². The second-order valence-corrected chi connectivity index (χ2v) is 10.3. The third-order valence-corrected chi connectivity index (χ3v) is 7.59. The number of aryl methyl sites for hydroxylation is 2. The van der Waals surface area contributed by atoms with Crippen molar-refractivity contribution in [3.63, 3.8) is 0 Å². The lowest BCUT2D eigenvalue weighted by Gasteiger charge is -2.15. The van der Waals surface area contributed by atoms with E-state index < -0.39 is 33.3 Å². The fourth-order valence-electron chi connectivity index (χ4n) is 3.26. The van der Waals surface area contributed by atoms with Gasteiger partial charge >= 0.3 is 12.1 Å². The van der Waals surface area contributed by atoms with E-state index >= 15 is 0 Å². The molecule has 3 aromatic rings. The molecule has 0 aliphatic heterocycles. The van der Waals surface area contributed by atoms with Crippen molar-refractivity contribution in [2.45, 2.75) is 37.1 Å². The van der Waals surface area contributed by atoms with E-state index in [2.05, 4.69) is 0 Å². The summed E-state index contributed by atoms with van der Waals surface area (Å²) in [5, 5.41) is 9.23. The van der Waals surface area contributed by atoms with Crippen molar-refractivity contribution in [3.05, 3.63) is 75.7 Å². The van der Waals surface area contributed by atoms with Crippen LogP contribution in [-0.2, 0) is 28.2 Å². The molecule has 0 spiro atoms. The number of hydrogen-bond acceptors (Lipinski definition) is 4. The maximum absolute atomic E-state index is 13.3. The number of hydrogen-bond donors (Lipinski definition) is 1. The predicted molar refractivity (Wildman–Crippen MR) is 113 cm³/mol. The lowest BCUT2D eigenvalue weighted by molar-refractivity contribution is -0.137. The Balaban J connectivity index is 2.16. The number of sulfone groups is 1. The number of benzene rings is 2. The van der Waals surface area contributed by atoms with Gasteiger partial charge < -0.3 is 5.11 Å². The fourth-order valence-corrected chi connectivity index (χ4v) is 5.91. The van der Waals surface area contributed by atoms with Crippen LogP contribution in [0.25, 0.3) is 10.4 Å². The number of halogens is 3. The van der Waals surface area contributed by atoms with Gasteiger partial charge in [0.15, 0.2) is 9.84 Å². The van der Waals surface area contributed by atoms with Gasteiger partial charge in [0.05, 0.1) is 21.8 Å². The molecule has 0 saturated carbocycles. The molecule has 1 N–H and O–H groups in total. The average Bonchev–Trinajstić information content (AvgIpc) is 3.12.